The number of fused-ring (bicyclic) bond motifs is 1. The Morgan fingerprint density at radius 2 is 2.11 bits per heavy atom. The second-order valence-electron chi connectivity index (χ2n) is 4.71. The van der Waals surface area contributed by atoms with Crippen molar-refractivity contribution in [3.63, 3.8) is 0 Å². The molecule has 1 aliphatic carbocycles. The molecule has 2 aromatic rings. The van der Waals surface area contributed by atoms with E-state index < -0.39 is 0 Å². The number of hydrogen-bond donors (Lipinski definition) is 1. The van der Waals surface area contributed by atoms with E-state index in [-0.39, 0.29) is 11.7 Å². The molecular formula is C15H14N2O. The van der Waals surface area contributed by atoms with Crippen LogP contribution in [-0.2, 0) is 6.42 Å². The molecule has 3 nitrogen and oxygen atoms in total. The van der Waals surface area contributed by atoms with Gasteiger partial charge in [-0.2, -0.15) is 0 Å². The fourth-order valence-electron chi connectivity index (χ4n) is 2.57. The predicted molar refractivity (Wildman–Crippen MR) is 70.6 cm³/mol. The minimum Gasteiger partial charge on any atom is -0.383 e. The third kappa shape index (κ3) is 1.51. The van der Waals surface area contributed by atoms with Gasteiger partial charge in [-0.05, 0) is 36.1 Å². The molecule has 1 aromatic heterocycles. The van der Waals surface area contributed by atoms with Gasteiger partial charge in [0, 0.05) is 6.20 Å². The summed E-state index contributed by atoms with van der Waals surface area (Å²) < 4.78 is 0. The molecule has 0 spiro atoms. The number of Topliss-reactive ketones (excluding diaryl/α,β-unsaturated/α-hetero) is 1. The van der Waals surface area contributed by atoms with Crippen molar-refractivity contribution in [1.82, 2.24) is 4.98 Å². The highest BCUT2D eigenvalue weighted by atomic mass is 16.1. The van der Waals surface area contributed by atoms with Crippen LogP contribution in [0.2, 0.25) is 0 Å². The third-order valence-corrected chi connectivity index (χ3v) is 3.61. The highest BCUT2D eigenvalue weighted by Crippen LogP contribution is 2.38. The van der Waals surface area contributed by atoms with Crippen molar-refractivity contribution in [1.29, 1.82) is 0 Å². The lowest BCUT2D eigenvalue weighted by Gasteiger charge is -2.29. The molecule has 1 atom stereocenters. The number of rotatable bonds is 2. The zero-order valence-electron chi connectivity index (χ0n) is 10.2. The summed E-state index contributed by atoms with van der Waals surface area (Å²) >= 11 is 0. The summed E-state index contributed by atoms with van der Waals surface area (Å²) in [7, 11) is 0. The first-order valence-electron chi connectivity index (χ1n) is 6.01. The van der Waals surface area contributed by atoms with Crippen molar-refractivity contribution in [3.8, 4) is 0 Å². The molecule has 0 aliphatic heterocycles. The molecule has 18 heavy (non-hydrogen) atoms. The van der Waals surface area contributed by atoms with E-state index in [9.17, 15) is 4.79 Å². The molecule has 2 N–H and O–H groups in total. The molecule has 3 rings (SSSR count). The number of nitrogen functional groups attached to an aromatic ring is 1. The van der Waals surface area contributed by atoms with Gasteiger partial charge in [-0.25, -0.2) is 4.98 Å². The summed E-state index contributed by atoms with van der Waals surface area (Å²) in [4.78, 5) is 16.5. The van der Waals surface area contributed by atoms with Crippen molar-refractivity contribution < 1.29 is 4.79 Å². The molecule has 1 heterocycles. The molecule has 0 fully saturated rings. The maximum absolute atomic E-state index is 12.5. The van der Waals surface area contributed by atoms with E-state index in [1.54, 1.807) is 6.20 Å². The largest absolute Gasteiger partial charge is 0.383 e. The number of aryl methyl sites for hydroxylation is 1. The predicted octanol–water partition coefficient (Wildman–Crippen LogP) is 2.49. The number of carbonyl (C=O) groups is 1. The monoisotopic (exact) mass is 238 g/mol. The molecule has 0 radical (unpaired) electrons. The Labute approximate surface area is 106 Å². The number of aromatic nitrogens is 1. The van der Waals surface area contributed by atoms with Crippen LogP contribution >= 0.6 is 0 Å². The van der Waals surface area contributed by atoms with Crippen molar-refractivity contribution in [3.05, 3.63) is 58.8 Å². The van der Waals surface area contributed by atoms with Crippen LogP contribution in [0.15, 0.2) is 36.5 Å². The van der Waals surface area contributed by atoms with Gasteiger partial charge in [-0.1, -0.05) is 24.3 Å². The van der Waals surface area contributed by atoms with Crippen molar-refractivity contribution in [2.24, 2.45) is 0 Å². The summed E-state index contributed by atoms with van der Waals surface area (Å²) in [6, 6.07) is 9.89. The van der Waals surface area contributed by atoms with Crippen LogP contribution in [0.25, 0.3) is 0 Å². The highest BCUT2D eigenvalue weighted by Gasteiger charge is 2.33. The number of nitrogens with zero attached hydrogens (tertiary/aromatic N) is 1. The highest BCUT2D eigenvalue weighted by molar-refractivity contribution is 6.06. The number of carbonyl (C=O) groups excluding carboxylic acids is 1. The van der Waals surface area contributed by atoms with E-state index in [0.717, 1.165) is 17.5 Å². The Hall–Kier alpha value is -2.16. The van der Waals surface area contributed by atoms with E-state index in [1.165, 1.54) is 5.56 Å². The lowest BCUT2D eigenvalue weighted by molar-refractivity contribution is 0.0949. The number of nitrogens with two attached hydrogens (primary N) is 1. The zero-order chi connectivity index (χ0) is 12.7. The summed E-state index contributed by atoms with van der Waals surface area (Å²) in [5.41, 5.74) is 9.70. The van der Waals surface area contributed by atoms with Gasteiger partial charge in [0.2, 0.25) is 0 Å². The molecule has 1 unspecified atom stereocenters. The molecule has 1 aliphatic rings. The number of hydrogen-bond acceptors (Lipinski definition) is 3. The van der Waals surface area contributed by atoms with Gasteiger partial charge >= 0.3 is 0 Å². The Morgan fingerprint density at radius 1 is 1.33 bits per heavy atom. The Morgan fingerprint density at radius 3 is 2.83 bits per heavy atom. The van der Waals surface area contributed by atoms with E-state index >= 15 is 0 Å². The van der Waals surface area contributed by atoms with Crippen molar-refractivity contribution in [2.45, 2.75) is 19.3 Å². The molecule has 1 aromatic carbocycles. The topological polar surface area (TPSA) is 56.0 Å². The summed E-state index contributed by atoms with van der Waals surface area (Å²) in [5.74, 6) is 0.382. The lowest BCUT2D eigenvalue weighted by atomic mass is 9.73. The minimum absolute atomic E-state index is 0.0496. The van der Waals surface area contributed by atoms with Gasteiger partial charge in [0.25, 0.3) is 0 Å². The van der Waals surface area contributed by atoms with Crippen LogP contribution in [-0.4, -0.2) is 10.8 Å². The number of anilines is 1. The average Bonchev–Trinajstić information content (AvgIpc) is 2.30. The van der Waals surface area contributed by atoms with Gasteiger partial charge in [0.05, 0.1) is 11.5 Å². The molecular weight excluding hydrogens is 224 g/mol. The lowest BCUT2D eigenvalue weighted by Crippen LogP contribution is -2.26. The zero-order valence-corrected chi connectivity index (χ0v) is 10.2. The van der Waals surface area contributed by atoms with Crippen LogP contribution in [0.1, 0.15) is 33.0 Å². The normalized spacial score (nSPS) is 16.8. The average molecular weight is 238 g/mol. The number of ketones is 1. The van der Waals surface area contributed by atoms with Gasteiger partial charge in [0.1, 0.15) is 5.82 Å². The molecule has 0 saturated heterocycles. The maximum atomic E-state index is 12.5. The van der Waals surface area contributed by atoms with Crippen LogP contribution < -0.4 is 5.73 Å². The van der Waals surface area contributed by atoms with Crippen LogP contribution in [0.3, 0.4) is 0 Å². The fourth-order valence-corrected chi connectivity index (χ4v) is 2.57. The van der Waals surface area contributed by atoms with Crippen LogP contribution in [0.5, 0.6) is 0 Å². The second kappa shape index (κ2) is 3.95. The Kier molecular flexibility index (Phi) is 2.40. The SMILES string of the molecule is Cc1ccnc(N)c1C(=O)C1Cc2ccccc21. The van der Waals surface area contributed by atoms with E-state index in [4.69, 9.17) is 5.73 Å². The standard InChI is InChI=1S/C15H14N2O/c1-9-6-7-17-15(16)13(9)14(18)12-8-10-4-2-3-5-11(10)12/h2-7,12H,8H2,1H3,(H2,16,17). The first-order chi connectivity index (χ1) is 8.68. The van der Waals surface area contributed by atoms with E-state index in [0.29, 0.717) is 11.4 Å². The van der Waals surface area contributed by atoms with Crippen LogP contribution in [0.4, 0.5) is 5.82 Å². The number of pyridine rings is 1. The second-order valence-corrected chi connectivity index (χ2v) is 4.71. The van der Waals surface area contributed by atoms with Crippen LogP contribution in [0, 0.1) is 6.92 Å². The summed E-state index contributed by atoms with van der Waals surface area (Å²) in [5, 5.41) is 0. The van der Waals surface area contributed by atoms with E-state index in [2.05, 4.69) is 11.1 Å². The fraction of sp³-hybridized carbons (Fsp3) is 0.200. The molecule has 0 bridgehead atoms. The number of benzene rings is 1. The van der Waals surface area contributed by atoms with Gasteiger partial charge in [-0.3, -0.25) is 4.79 Å². The Balaban J connectivity index is 1.99. The summed E-state index contributed by atoms with van der Waals surface area (Å²) in [6.07, 6.45) is 2.44. The minimum atomic E-state index is -0.0496. The van der Waals surface area contributed by atoms with Gasteiger partial charge in [0.15, 0.2) is 5.78 Å². The van der Waals surface area contributed by atoms with Crippen molar-refractivity contribution in [2.75, 3.05) is 5.73 Å². The quantitative estimate of drug-likeness (QED) is 0.818. The molecule has 90 valence electrons. The van der Waals surface area contributed by atoms with Gasteiger partial charge < -0.3 is 5.73 Å². The molecule has 3 heteroatoms. The Bertz CT molecular complexity index is 614. The van der Waals surface area contributed by atoms with E-state index in [1.807, 2.05) is 31.2 Å². The molecule has 0 saturated carbocycles. The van der Waals surface area contributed by atoms with Crippen molar-refractivity contribution >= 4 is 11.6 Å². The van der Waals surface area contributed by atoms with Gasteiger partial charge in [-0.15, -0.1) is 0 Å². The maximum Gasteiger partial charge on any atom is 0.174 e. The smallest absolute Gasteiger partial charge is 0.174 e. The molecule has 0 amide bonds. The summed E-state index contributed by atoms with van der Waals surface area (Å²) in [6.45, 7) is 1.90. The first kappa shape index (κ1) is 11.0. The third-order valence-electron chi connectivity index (χ3n) is 3.61. The first-order valence-corrected chi connectivity index (χ1v) is 6.01.